The summed E-state index contributed by atoms with van der Waals surface area (Å²) in [6.45, 7) is 3.12. The number of benzene rings is 1. The zero-order valence-electron chi connectivity index (χ0n) is 12.3. The van der Waals surface area contributed by atoms with E-state index in [1.54, 1.807) is 13.4 Å². The number of nitrogens with zero attached hydrogens (tertiary/aromatic N) is 2. The Bertz CT molecular complexity index is 563. The van der Waals surface area contributed by atoms with Crippen molar-refractivity contribution in [1.82, 2.24) is 15.3 Å². The van der Waals surface area contributed by atoms with E-state index in [-0.39, 0.29) is 6.04 Å². The molecule has 1 N–H and O–H groups in total. The van der Waals surface area contributed by atoms with Crippen molar-refractivity contribution in [2.24, 2.45) is 0 Å². The molecular weight excluding hydrogens is 330 g/mol. The summed E-state index contributed by atoms with van der Waals surface area (Å²) in [4.78, 5) is 8.25. The fourth-order valence-electron chi connectivity index (χ4n) is 2.17. The second kappa shape index (κ2) is 8.10. The summed E-state index contributed by atoms with van der Waals surface area (Å²) in [7, 11) is 1.69. The maximum absolute atomic E-state index is 5.31. The molecule has 4 nitrogen and oxygen atoms in total. The molecule has 0 fully saturated rings. The van der Waals surface area contributed by atoms with E-state index < -0.39 is 0 Å². The van der Waals surface area contributed by atoms with Crippen LogP contribution in [0.2, 0.25) is 0 Å². The molecule has 1 aromatic heterocycles. The monoisotopic (exact) mass is 349 g/mol. The van der Waals surface area contributed by atoms with Gasteiger partial charge in [0.1, 0.15) is 12.1 Å². The fraction of sp³-hybridized carbons (Fsp3) is 0.375. The predicted molar refractivity (Wildman–Crippen MR) is 87.5 cm³/mol. The van der Waals surface area contributed by atoms with Crippen LogP contribution in [0.15, 0.2) is 41.4 Å². The van der Waals surface area contributed by atoms with Crippen LogP contribution in [0.4, 0.5) is 0 Å². The van der Waals surface area contributed by atoms with Gasteiger partial charge in [-0.2, -0.15) is 0 Å². The first-order chi connectivity index (χ1) is 10.2. The molecule has 0 radical (unpaired) electrons. The summed E-state index contributed by atoms with van der Waals surface area (Å²) in [5.74, 6) is 0.867. The molecule has 0 bridgehead atoms. The van der Waals surface area contributed by atoms with Gasteiger partial charge in [0.2, 0.25) is 0 Å². The summed E-state index contributed by atoms with van der Waals surface area (Å²) in [5.41, 5.74) is 2.30. The van der Waals surface area contributed by atoms with Crippen LogP contribution in [0.25, 0.3) is 0 Å². The Morgan fingerprint density at radius 2 is 2.05 bits per heavy atom. The zero-order valence-corrected chi connectivity index (χ0v) is 13.9. The topological polar surface area (TPSA) is 47.0 Å². The fourth-order valence-corrected chi connectivity index (χ4v) is 2.58. The number of methoxy groups -OCH3 is 1. The Kier molecular flexibility index (Phi) is 6.14. The van der Waals surface area contributed by atoms with Gasteiger partial charge in [-0.15, -0.1) is 0 Å². The first kappa shape index (κ1) is 15.9. The van der Waals surface area contributed by atoms with Crippen molar-refractivity contribution in [3.8, 4) is 5.75 Å². The molecular formula is C16H20BrN3O. The summed E-state index contributed by atoms with van der Waals surface area (Å²) >= 11 is 3.61. The molecule has 1 atom stereocenters. The second-order valence-electron chi connectivity index (χ2n) is 4.84. The largest absolute Gasteiger partial charge is 0.497 e. The van der Waals surface area contributed by atoms with Crippen molar-refractivity contribution in [1.29, 1.82) is 0 Å². The molecule has 1 aromatic carbocycles. The molecule has 21 heavy (non-hydrogen) atoms. The summed E-state index contributed by atoms with van der Waals surface area (Å²) in [5, 5.41) is 3.56. The number of hydrogen-bond acceptors (Lipinski definition) is 4. The third-order valence-corrected chi connectivity index (χ3v) is 4.07. The summed E-state index contributed by atoms with van der Waals surface area (Å²) in [6.07, 6.45) is 7.24. The van der Waals surface area contributed by atoms with Crippen LogP contribution in [-0.2, 0) is 6.42 Å². The van der Waals surface area contributed by atoms with E-state index in [1.807, 2.05) is 24.5 Å². The smallest absolute Gasteiger partial charge is 0.119 e. The standard InChI is InChI=1S/C16H20BrN3O/c1-3-6-20-16(13-9-18-11-19-10-13)8-12-7-14(21-2)4-5-15(12)17/h4-5,7,9-11,16,20H,3,6,8H2,1-2H3. The average molecular weight is 350 g/mol. The van der Waals surface area contributed by atoms with Crippen LogP contribution in [0, 0.1) is 0 Å². The van der Waals surface area contributed by atoms with E-state index >= 15 is 0 Å². The van der Waals surface area contributed by atoms with Crippen LogP contribution in [-0.4, -0.2) is 23.6 Å². The first-order valence-electron chi connectivity index (χ1n) is 7.05. The molecule has 0 amide bonds. The highest BCUT2D eigenvalue weighted by Crippen LogP contribution is 2.27. The first-order valence-corrected chi connectivity index (χ1v) is 7.84. The number of hydrogen-bond donors (Lipinski definition) is 1. The number of aromatic nitrogens is 2. The van der Waals surface area contributed by atoms with Gasteiger partial charge in [0, 0.05) is 28.5 Å². The number of ether oxygens (including phenoxy) is 1. The van der Waals surface area contributed by atoms with Gasteiger partial charge in [-0.3, -0.25) is 0 Å². The van der Waals surface area contributed by atoms with Gasteiger partial charge in [0.05, 0.1) is 7.11 Å². The van der Waals surface area contributed by atoms with Crippen LogP contribution in [0.5, 0.6) is 5.75 Å². The van der Waals surface area contributed by atoms with Crippen molar-refractivity contribution >= 4 is 15.9 Å². The average Bonchev–Trinajstić information content (AvgIpc) is 2.54. The van der Waals surface area contributed by atoms with Crippen molar-refractivity contribution in [3.05, 3.63) is 52.5 Å². The predicted octanol–water partition coefficient (Wildman–Crippen LogP) is 3.53. The minimum atomic E-state index is 0.189. The molecule has 5 heteroatoms. The lowest BCUT2D eigenvalue weighted by Crippen LogP contribution is -2.24. The van der Waals surface area contributed by atoms with Gasteiger partial charge in [0.15, 0.2) is 0 Å². The molecule has 0 spiro atoms. The number of halogens is 1. The lowest BCUT2D eigenvalue weighted by atomic mass is 10.0. The van der Waals surface area contributed by atoms with E-state index in [0.717, 1.165) is 35.2 Å². The Morgan fingerprint density at radius 1 is 1.29 bits per heavy atom. The SMILES string of the molecule is CCCNC(Cc1cc(OC)ccc1Br)c1cncnc1. The highest BCUT2D eigenvalue weighted by Gasteiger charge is 2.14. The Morgan fingerprint density at radius 3 is 2.71 bits per heavy atom. The van der Waals surface area contributed by atoms with Crippen LogP contribution in [0.3, 0.4) is 0 Å². The molecule has 0 saturated heterocycles. The number of rotatable bonds is 7. The third-order valence-electron chi connectivity index (χ3n) is 3.30. The van der Waals surface area contributed by atoms with Crippen LogP contribution >= 0.6 is 15.9 Å². The maximum atomic E-state index is 5.31. The highest BCUT2D eigenvalue weighted by molar-refractivity contribution is 9.10. The van der Waals surface area contributed by atoms with Crippen molar-refractivity contribution in [3.63, 3.8) is 0 Å². The van der Waals surface area contributed by atoms with Crippen molar-refractivity contribution < 1.29 is 4.74 Å². The Hall–Kier alpha value is -1.46. The molecule has 112 valence electrons. The van der Waals surface area contributed by atoms with Crippen molar-refractivity contribution in [2.45, 2.75) is 25.8 Å². The lowest BCUT2D eigenvalue weighted by molar-refractivity contribution is 0.413. The van der Waals surface area contributed by atoms with Gasteiger partial charge >= 0.3 is 0 Å². The van der Waals surface area contributed by atoms with E-state index in [0.29, 0.717) is 0 Å². The Labute approximate surface area is 134 Å². The van der Waals surface area contributed by atoms with E-state index in [9.17, 15) is 0 Å². The van der Waals surface area contributed by atoms with Gasteiger partial charge in [-0.05, 0) is 43.1 Å². The van der Waals surface area contributed by atoms with Crippen LogP contribution < -0.4 is 10.1 Å². The van der Waals surface area contributed by atoms with E-state index in [1.165, 1.54) is 5.56 Å². The maximum Gasteiger partial charge on any atom is 0.119 e. The minimum absolute atomic E-state index is 0.189. The molecule has 2 aromatic rings. The molecule has 2 rings (SSSR count). The molecule has 1 unspecified atom stereocenters. The van der Waals surface area contributed by atoms with E-state index in [2.05, 4.69) is 44.2 Å². The van der Waals surface area contributed by atoms with Gasteiger partial charge in [-0.1, -0.05) is 22.9 Å². The lowest BCUT2D eigenvalue weighted by Gasteiger charge is -2.19. The van der Waals surface area contributed by atoms with Crippen LogP contribution in [0.1, 0.15) is 30.5 Å². The van der Waals surface area contributed by atoms with E-state index in [4.69, 9.17) is 4.74 Å². The summed E-state index contributed by atoms with van der Waals surface area (Å²) in [6, 6.07) is 6.23. The molecule has 0 saturated carbocycles. The minimum Gasteiger partial charge on any atom is -0.497 e. The Balaban J connectivity index is 2.22. The normalized spacial score (nSPS) is 12.1. The van der Waals surface area contributed by atoms with Gasteiger partial charge < -0.3 is 10.1 Å². The zero-order chi connectivity index (χ0) is 15.1. The third kappa shape index (κ3) is 4.51. The number of nitrogens with one attached hydrogen (secondary N) is 1. The molecule has 0 aliphatic carbocycles. The van der Waals surface area contributed by atoms with Gasteiger partial charge in [0.25, 0.3) is 0 Å². The second-order valence-corrected chi connectivity index (χ2v) is 5.69. The van der Waals surface area contributed by atoms with Gasteiger partial charge in [-0.25, -0.2) is 9.97 Å². The molecule has 1 heterocycles. The molecule has 0 aliphatic heterocycles. The highest BCUT2D eigenvalue weighted by atomic mass is 79.9. The summed E-state index contributed by atoms with van der Waals surface area (Å²) < 4.78 is 6.40. The quantitative estimate of drug-likeness (QED) is 0.830. The van der Waals surface area contributed by atoms with Crippen molar-refractivity contribution in [2.75, 3.05) is 13.7 Å². The molecule has 0 aliphatic rings.